The average molecular weight is 991 g/mol. The predicted octanol–water partition coefficient (Wildman–Crippen LogP) is 21.8. The molecule has 0 fully saturated rings. The molecule has 2 aromatic heterocycles. The molecule has 0 aliphatic heterocycles. The summed E-state index contributed by atoms with van der Waals surface area (Å²) >= 11 is 0. The molecule has 78 heavy (non-hydrogen) atoms. The fourth-order valence-electron chi connectivity index (χ4n) is 12.8. The van der Waals surface area contributed by atoms with Crippen LogP contribution in [0.2, 0.25) is 0 Å². The summed E-state index contributed by atoms with van der Waals surface area (Å²) in [6.45, 7) is 0. The number of rotatable bonds is 7. The van der Waals surface area contributed by atoms with Gasteiger partial charge >= 0.3 is 0 Å². The zero-order valence-electron chi connectivity index (χ0n) is 42.4. The van der Waals surface area contributed by atoms with Crippen LogP contribution in [-0.2, 0) is 0 Å². The van der Waals surface area contributed by atoms with Crippen LogP contribution < -0.4 is 0 Å². The number of hydrogen-bond acceptors (Lipinski definition) is 2. The van der Waals surface area contributed by atoms with Crippen LogP contribution in [0.4, 0.5) is 0 Å². The zero-order chi connectivity index (χ0) is 51.3. The minimum Gasteiger partial charge on any atom is -0.456 e. The van der Waals surface area contributed by atoms with E-state index in [9.17, 15) is 0 Å². The smallest absolute Gasteiger partial charge is 0.136 e. The van der Waals surface area contributed by atoms with Crippen molar-refractivity contribution in [2.45, 2.75) is 0 Å². The molecule has 0 aliphatic rings. The van der Waals surface area contributed by atoms with E-state index in [1.807, 2.05) is 12.1 Å². The average Bonchev–Trinajstić information content (AvgIpc) is 4.19. The molecule has 2 nitrogen and oxygen atoms in total. The van der Waals surface area contributed by atoms with E-state index in [1.165, 1.54) is 98.7 Å². The molecule has 2 heteroatoms. The van der Waals surface area contributed by atoms with Gasteiger partial charge in [0.15, 0.2) is 0 Å². The first-order valence-corrected chi connectivity index (χ1v) is 26.8. The molecule has 16 rings (SSSR count). The molecule has 0 bridgehead atoms. The van der Waals surface area contributed by atoms with Gasteiger partial charge in [-0.15, -0.1) is 0 Å². The highest BCUT2D eigenvalue weighted by atomic mass is 16.3. The molecule has 2 heterocycles. The summed E-state index contributed by atoms with van der Waals surface area (Å²) in [6.07, 6.45) is 0. The van der Waals surface area contributed by atoms with Crippen molar-refractivity contribution < 1.29 is 8.83 Å². The standard InChI is InChI=1S/C76H46O2/c1-2-18-48(19-3-1)53-20-4-7-25-59(53)76-65-31-13-10-28-62(65)74(52-39-41-57-55-22-14-16-32-69(55)78-72(57)46-52)66-42-38-50(44-68(66)76)47-34-36-49(37-35-47)54-21-5-6-24-58(54)75-63-29-11-8-26-60(63)73(61-27-9-12-30-64(61)75)51-40-43-71-67(45-51)56-23-15-17-33-70(56)77-71/h1-46H. The molecule has 0 atom stereocenters. The van der Waals surface area contributed by atoms with Gasteiger partial charge in [-0.05, 0) is 163 Å². The molecule has 0 unspecified atom stereocenters. The summed E-state index contributed by atoms with van der Waals surface area (Å²) in [5, 5.41) is 14.2. The molecule has 362 valence electrons. The SMILES string of the molecule is c1ccc(-c2ccccc2-c2c3ccccc3c(-c3ccc4c(c3)oc3ccccc34)c3ccc(-c4ccc(-c5ccccc5-c5c6ccccc6c(-c6ccc7oc8ccccc8c7c6)c6ccccc56)cc4)cc23)cc1. The third-order valence-corrected chi connectivity index (χ3v) is 16.3. The van der Waals surface area contributed by atoms with E-state index in [0.29, 0.717) is 0 Å². The Morgan fingerprint density at radius 1 is 0.154 bits per heavy atom. The summed E-state index contributed by atoms with van der Waals surface area (Å²) in [6, 6.07) is 102. The lowest BCUT2D eigenvalue weighted by Gasteiger charge is -2.21. The van der Waals surface area contributed by atoms with Crippen molar-refractivity contribution in [3.05, 3.63) is 279 Å². The lowest BCUT2D eigenvalue weighted by atomic mass is 9.82. The van der Waals surface area contributed by atoms with E-state index in [4.69, 9.17) is 8.83 Å². The Balaban J connectivity index is 0.860. The van der Waals surface area contributed by atoms with Gasteiger partial charge in [-0.1, -0.05) is 237 Å². The molecule has 0 aliphatic carbocycles. The predicted molar refractivity (Wildman–Crippen MR) is 329 cm³/mol. The topological polar surface area (TPSA) is 26.3 Å². The molecule has 14 aromatic carbocycles. The Labute approximate surface area is 450 Å². The number of furan rings is 2. The summed E-state index contributed by atoms with van der Waals surface area (Å²) in [5.41, 5.74) is 20.2. The normalized spacial score (nSPS) is 11.8. The van der Waals surface area contributed by atoms with Crippen molar-refractivity contribution in [1.82, 2.24) is 0 Å². The second-order valence-corrected chi connectivity index (χ2v) is 20.5. The Morgan fingerprint density at radius 2 is 0.487 bits per heavy atom. The Hall–Kier alpha value is -10.3. The van der Waals surface area contributed by atoms with Gasteiger partial charge in [0, 0.05) is 21.5 Å². The second-order valence-electron chi connectivity index (χ2n) is 20.5. The largest absolute Gasteiger partial charge is 0.456 e. The highest BCUT2D eigenvalue weighted by Gasteiger charge is 2.23. The van der Waals surface area contributed by atoms with Gasteiger partial charge < -0.3 is 8.83 Å². The first-order valence-electron chi connectivity index (χ1n) is 26.8. The van der Waals surface area contributed by atoms with Crippen LogP contribution in [0.1, 0.15) is 0 Å². The third kappa shape index (κ3) is 6.90. The fourth-order valence-corrected chi connectivity index (χ4v) is 12.8. The van der Waals surface area contributed by atoms with Crippen LogP contribution >= 0.6 is 0 Å². The van der Waals surface area contributed by atoms with Crippen LogP contribution in [0.15, 0.2) is 288 Å². The fraction of sp³-hybridized carbons (Fsp3) is 0. The van der Waals surface area contributed by atoms with Gasteiger partial charge in [0.05, 0.1) is 0 Å². The van der Waals surface area contributed by atoms with Crippen molar-refractivity contribution in [2.24, 2.45) is 0 Å². The number of para-hydroxylation sites is 2. The van der Waals surface area contributed by atoms with Crippen molar-refractivity contribution in [2.75, 3.05) is 0 Å². The summed E-state index contributed by atoms with van der Waals surface area (Å²) in [7, 11) is 0. The van der Waals surface area contributed by atoms with Crippen LogP contribution in [-0.4, -0.2) is 0 Å². The maximum absolute atomic E-state index is 6.52. The monoisotopic (exact) mass is 990 g/mol. The van der Waals surface area contributed by atoms with Crippen molar-refractivity contribution in [3.63, 3.8) is 0 Å². The Kier molecular flexibility index (Phi) is 9.98. The van der Waals surface area contributed by atoms with E-state index in [1.54, 1.807) is 0 Å². The van der Waals surface area contributed by atoms with Crippen LogP contribution in [0.25, 0.3) is 165 Å². The highest BCUT2D eigenvalue weighted by molar-refractivity contribution is 6.25. The van der Waals surface area contributed by atoms with Gasteiger partial charge in [0.2, 0.25) is 0 Å². The van der Waals surface area contributed by atoms with E-state index in [2.05, 4.69) is 267 Å². The van der Waals surface area contributed by atoms with Crippen molar-refractivity contribution in [1.29, 1.82) is 0 Å². The first kappa shape index (κ1) is 44.1. The zero-order valence-corrected chi connectivity index (χ0v) is 42.4. The quantitative estimate of drug-likeness (QED) is 0.149. The van der Waals surface area contributed by atoms with Gasteiger partial charge in [-0.25, -0.2) is 0 Å². The first-order chi connectivity index (χ1) is 38.7. The van der Waals surface area contributed by atoms with Crippen LogP contribution in [0.3, 0.4) is 0 Å². The van der Waals surface area contributed by atoms with Gasteiger partial charge in [0.25, 0.3) is 0 Å². The number of fused-ring (bicyclic) bond motifs is 10. The van der Waals surface area contributed by atoms with Crippen molar-refractivity contribution in [3.8, 4) is 77.9 Å². The van der Waals surface area contributed by atoms with Crippen LogP contribution in [0.5, 0.6) is 0 Å². The molecule has 0 spiro atoms. The van der Waals surface area contributed by atoms with E-state index in [0.717, 1.165) is 66.1 Å². The van der Waals surface area contributed by atoms with Gasteiger partial charge in [0.1, 0.15) is 22.3 Å². The Morgan fingerprint density at radius 3 is 1.08 bits per heavy atom. The Bertz CT molecular complexity index is 5020. The van der Waals surface area contributed by atoms with E-state index in [-0.39, 0.29) is 0 Å². The minimum absolute atomic E-state index is 0.888. The molecule has 16 aromatic rings. The minimum atomic E-state index is 0.888. The van der Waals surface area contributed by atoms with Gasteiger partial charge in [-0.3, -0.25) is 0 Å². The molecule has 0 saturated heterocycles. The van der Waals surface area contributed by atoms with E-state index < -0.39 is 0 Å². The highest BCUT2D eigenvalue weighted by Crippen LogP contribution is 2.50. The molecular formula is C76H46O2. The summed E-state index contributed by atoms with van der Waals surface area (Å²) in [5.74, 6) is 0. The summed E-state index contributed by atoms with van der Waals surface area (Å²) in [4.78, 5) is 0. The summed E-state index contributed by atoms with van der Waals surface area (Å²) < 4.78 is 12.8. The van der Waals surface area contributed by atoms with Crippen LogP contribution in [0, 0.1) is 0 Å². The molecule has 0 N–H and O–H groups in total. The van der Waals surface area contributed by atoms with Crippen molar-refractivity contribution >= 4 is 87.0 Å². The second kappa shape index (κ2) is 17.7. The van der Waals surface area contributed by atoms with Gasteiger partial charge in [-0.2, -0.15) is 0 Å². The molecule has 0 radical (unpaired) electrons. The maximum atomic E-state index is 6.52. The maximum Gasteiger partial charge on any atom is 0.136 e. The lowest BCUT2D eigenvalue weighted by Crippen LogP contribution is -1.94. The van der Waals surface area contributed by atoms with E-state index >= 15 is 0 Å². The molecular weight excluding hydrogens is 945 g/mol. The third-order valence-electron chi connectivity index (χ3n) is 16.3. The number of benzene rings is 14. The molecule has 0 amide bonds. The lowest BCUT2D eigenvalue weighted by molar-refractivity contribution is 0.668. The number of hydrogen-bond donors (Lipinski definition) is 0. The molecule has 0 saturated carbocycles.